The monoisotopic (exact) mass is 441 g/mol. The molecule has 2 atom stereocenters. The molecule has 0 aromatic rings. The van der Waals surface area contributed by atoms with Crippen LogP contribution in [0.1, 0.15) is 149 Å². The molecule has 0 heterocycles. The highest BCUT2D eigenvalue weighted by atomic mass is 16.3. The minimum Gasteiger partial charge on any atom is -0.394 e. The lowest BCUT2D eigenvalue weighted by Gasteiger charge is -2.22. The van der Waals surface area contributed by atoms with Crippen molar-refractivity contribution in [3.63, 3.8) is 0 Å². The molecule has 0 aromatic carbocycles. The molecule has 186 valence electrons. The molecule has 3 N–H and O–H groups in total. The predicted octanol–water partition coefficient (Wildman–Crippen LogP) is 7.06. The average molecular weight is 442 g/mol. The topological polar surface area (TPSA) is 69.6 Å². The summed E-state index contributed by atoms with van der Waals surface area (Å²) >= 11 is 0. The van der Waals surface area contributed by atoms with Crippen LogP contribution in [-0.4, -0.2) is 34.9 Å². The van der Waals surface area contributed by atoms with Gasteiger partial charge in [0.25, 0.3) is 0 Å². The quantitative estimate of drug-likeness (QED) is 0.140. The van der Waals surface area contributed by atoms with Crippen LogP contribution in [0.4, 0.5) is 0 Å². The van der Waals surface area contributed by atoms with Gasteiger partial charge < -0.3 is 15.5 Å². The highest BCUT2D eigenvalue weighted by Crippen LogP contribution is 2.14. The molecule has 4 heteroatoms. The zero-order valence-electron chi connectivity index (χ0n) is 21.0. The van der Waals surface area contributed by atoms with Crippen LogP contribution in [0.3, 0.4) is 0 Å². The summed E-state index contributed by atoms with van der Waals surface area (Å²) < 4.78 is 0. The minimum atomic E-state index is -0.647. The van der Waals surface area contributed by atoms with Crippen molar-refractivity contribution in [1.29, 1.82) is 0 Å². The molecule has 0 aliphatic carbocycles. The third-order valence-electron chi connectivity index (χ3n) is 6.37. The fourth-order valence-electron chi connectivity index (χ4n) is 4.18. The Morgan fingerprint density at radius 2 is 1.03 bits per heavy atom. The molecule has 0 aliphatic rings. The van der Waals surface area contributed by atoms with Gasteiger partial charge in [-0.25, -0.2) is 0 Å². The molecule has 0 rings (SSSR count). The van der Waals surface area contributed by atoms with E-state index in [0.29, 0.717) is 12.8 Å². The average Bonchev–Trinajstić information content (AvgIpc) is 2.77. The minimum absolute atomic E-state index is 0.0503. The van der Waals surface area contributed by atoms with Crippen LogP contribution < -0.4 is 5.32 Å². The zero-order chi connectivity index (χ0) is 23.0. The second kappa shape index (κ2) is 24.0. The van der Waals surface area contributed by atoms with E-state index in [1.807, 2.05) is 0 Å². The molecule has 0 spiro atoms. The summed E-state index contributed by atoms with van der Waals surface area (Å²) in [5, 5.41) is 22.6. The van der Waals surface area contributed by atoms with Crippen LogP contribution in [-0.2, 0) is 4.79 Å². The molecule has 0 radical (unpaired) electrons. The maximum atomic E-state index is 12.0. The fraction of sp³-hybridized carbons (Fsp3) is 0.963. The van der Waals surface area contributed by atoms with Gasteiger partial charge in [-0.05, 0) is 12.8 Å². The number of hydrogen-bond acceptors (Lipinski definition) is 3. The Kier molecular flexibility index (Phi) is 23.6. The number of nitrogens with one attached hydrogen (secondary N) is 1. The summed E-state index contributed by atoms with van der Waals surface area (Å²) in [6, 6.07) is -0.523. The number of rotatable bonds is 24. The number of aliphatic hydroxyl groups excluding tert-OH is 2. The third kappa shape index (κ3) is 21.0. The Balaban J connectivity index is 3.50. The van der Waals surface area contributed by atoms with Gasteiger partial charge in [0.2, 0.25) is 5.91 Å². The van der Waals surface area contributed by atoms with Crippen LogP contribution in [0.15, 0.2) is 0 Å². The summed E-state index contributed by atoms with van der Waals surface area (Å²) in [5.74, 6) is -0.0503. The van der Waals surface area contributed by atoms with Gasteiger partial charge in [0.1, 0.15) is 0 Å². The Bertz CT molecular complexity index is 375. The van der Waals surface area contributed by atoms with Gasteiger partial charge in [0.05, 0.1) is 18.8 Å². The smallest absolute Gasteiger partial charge is 0.220 e. The second-order valence-corrected chi connectivity index (χ2v) is 9.47. The number of unbranched alkanes of at least 4 members (excludes halogenated alkanes) is 17. The molecular formula is C27H55NO3. The number of carbonyl (C=O) groups is 1. The van der Waals surface area contributed by atoms with Crippen molar-refractivity contribution in [2.24, 2.45) is 0 Å². The highest BCUT2D eigenvalue weighted by Gasteiger charge is 2.19. The van der Waals surface area contributed by atoms with E-state index in [4.69, 9.17) is 0 Å². The van der Waals surface area contributed by atoms with Gasteiger partial charge in [0.15, 0.2) is 0 Å². The van der Waals surface area contributed by atoms with Crippen molar-refractivity contribution in [3.05, 3.63) is 0 Å². The third-order valence-corrected chi connectivity index (χ3v) is 6.37. The molecule has 0 aromatic heterocycles. The summed E-state index contributed by atoms with van der Waals surface area (Å²) in [4.78, 5) is 12.0. The molecule has 0 bridgehead atoms. The lowest BCUT2D eigenvalue weighted by molar-refractivity contribution is -0.123. The zero-order valence-corrected chi connectivity index (χ0v) is 21.0. The van der Waals surface area contributed by atoms with E-state index in [-0.39, 0.29) is 12.5 Å². The van der Waals surface area contributed by atoms with E-state index in [9.17, 15) is 15.0 Å². The molecule has 0 fully saturated rings. The first-order valence-electron chi connectivity index (χ1n) is 13.7. The number of amides is 1. The molecule has 31 heavy (non-hydrogen) atoms. The second-order valence-electron chi connectivity index (χ2n) is 9.47. The summed E-state index contributed by atoms with van der Waals surface area (Å²) in [5.41, 5.74) is 0. The van der Waals surface area contributed by atoms with E-state index in [1.165, 1.54) is 83.5 Å². The first kappa shape index (κ1) is 30.4. The maximum Gasteiger partial charge on any atom is 0.220 e. The normalized spacial score (nSPS) is 13.3. The number of hydrogen-bond donors (Lipinski definition) is 3. The Labute approximate surface area is 194 Å². The first-order chi connectivity index (χ1) is 15.2. The molecule has 0 aliphatic heterocycles. The van der Waals surface area contributed by atoms with Crippen LogP contribution in [0.2, 0.25) is 0 Å². The number of aliphatic hydroxyl groups is 2. The Morgan fingerprint density at radius 3 is 1.45 bits per heavy atom. The van der Waals surface area contributed by atoms with Crippen molar-refractivity contribution in [2.45, 2.75) is 161 Å². The summed E-state index contributed by atoms with van der Waals surface area (Å²) in [6.07, 6.45) is 24.6. The van der Waals surface area contributed by atoms with E-state index in [1.54, 1.807) is 0 Å². The van der Waals surface area contributed by atoms with Crippen molar-refractivity contribution in [2.75, 3.05) is 6.61 Å². The molecule has 0 saturated carbocycles. The van der Waals surface area contributed by atoms with Gasteiger partial charge in [-0.3, -0.25) is 4.79 Å². The van der Waals surface area contributed by atoms with E-state index in [2.05, 4.69) is 19.2 Å². The van der Waals surface area contributed by atoms with Crippen LogP contribution in [0.25, 0.3) is 0 Å². The van der Waals surface area contributed by atoms with E-state index >= 15 is 0 Å². The van der Waals surface area contributed by atoms with Crippen LogP contribution in [0, 0.1) is 0 Å². The van der Waals surface area contributed by atoms with Crippen LogP contribution in [0.5, 0.6) is 0 Å². The van der Waals surface area contributed by atoms with Crippen LogP contribution >= 0.6 is 0 Å². The molecular weight excluding hydrogens is 386 g/mol. The maximum absolute atomic E-state index is 12.0. The highest BCUT2D eigenvalue weighted by molar-refractivity contribution is 5.76. The number of carbonyl (C=O) groups excluding carboxylic acids is 1. The molecule has 4 nitrogen and oxygen atoms in total. The van der Waals surface area contributed by atoms with Crippen molar-refractivity contribution in [1.82, 2.24) is 5.32 Å². The molecule has 1 amide bonds. The molecule has 0 saturated heterocycles. The Morgan fingerprint density at radius 1 is 0.645 bits per heavy atom. The standard InChI is InChI=1S/C27H55NO3/c1-3-5-7-9-10-11-12-13-14-15-16-17-18-19-20-22-26(30)25(24-29)28-27(31)23-21-8-6-4-2/h25-26,29-30H,3-24H2,1-2H3,(H,28,31). The fourth-order valence-corrected chi connectivity index (χ4v) is 4.18. The SMILES string of the molecule is CCCCCCCCCCCCCCCCCC(O)C(CO)NC(=O)CCCCCC. The summed E-state index contributed by atoms with van der Waals surface area (Å²) in [6.45, 7) is 4.23. The molecule has 2 unspecified atom stereocenters. The van der Waals surface area contributed by atoms with Gasteiger partial charge in [-0.1, -0.05) is 129 Å². The van der Waals surface area contributed by atoms with E-state index < -0.39 is 12.1 Å². The van der Waals surface area contributed by atoms with Gasteiger partial charge >= 0.3 is 0 Å². The van der Waals surface area contributed by atoms with Gasteiger partial charge in [-0.15, -0.1) is 0 Å². The first-order valence-corrected chi connectivity index (χ1v) is 13.7. The van der Waals surface area contributed by atoms with Crippen molar-refractivity contribution in [3.8, 4) is 0 Å². The van der Waals surface area contributed by atoms with Crippen molar-refractivity contribution < 1.29 is 15.0 Å². The van der Waals surface area contributed by atoms with Gasteiger partial charge in [0, 0.05) is 6.42 Å². The largest absolute Gasteiger partial charge is 0.394 e. The Hall–Kier alpha value is -0.610. The van der Waals surface area contributed by atoms with Gasteiger partial charge in [-0.2, -0.15) is 0 Å². The van der Waals surface area contributed by atoms with E-state index in [0.717, 1.165) is 38.5 Å². The summed E-state index contributed by atoms with van der Waals surface area (Å²) in [7, 11) is 0. The van der Waals surface area contributed by atoms with Crippen molar-refractivity contribution >= 4 is 5.91 Å². The lowest BCUT2D eigenvalue weighted by Crippen LogP contribution is -2.45. The predicted molar refractivity (Wildman–Crippen MR) is 133 cm³/mol. The lowest BCUT2D eigenvalue weighted by atomic mass is 10.0.